The van der Waals surface area contributed by atoms with Gasteiger partial charge in [-0.25, -0.2) is 22.1 Å². The van der Waals surface area contributed by atoms with Crippen LogP contribution in [0.2, 0.25) is 10.0 Å². The lowest BCUT2D eigenvalue weighted by atomic mass is 10.0. The second kappa shape index (κ2) is 9.64. The number of rotatable bonds is 7. The molecule has 0 aliphatic rings. The maximum Gasteiger partial charge on any atom is 0.272 e. The van der Waals surface area contributed by atoms with E-state index in [9.17, 15) is 17.4 Å². The quantitative estimate of drug-likeness (QED) is 0.545. The first kappa shape index (κ1) is 23.9. The largest absolute Gasteiger partial charge is 0.485 e. The van der Waals surface area contributed by atoms with Gasteiger partial charge < -0.3 is 4.74 Å². The van der Waals surface area contributed by atoms with Crippen molar-refractivity contribution >= 4 is 34.2 Å². The van der Waals surface area contributed by atoms with Crippen LogP contribution in [0, 0.1) is 5.82 Å². The number of pyridine rings is 1. The third-order valence-electron chi connectivity index (χ3n) is 3.79. The highest BCUT2D eigenvalue weighted by molar-refractivity contribution is 7.84. The summed E-state index contributed by atoms with van der Waals surface area (Å²) in [6.45, 7) is 6.14. The van der Waals surface area contributed by atoms with E-state index < -0.39 is 40.6 Å². The fourth-order valence-corrected chi connectivity index (χ4v) is 3.71. The molecule has 2 unspecified atom stereocenters. The van der Waals surface area contributed by atoms with Gasteiger partial charge in [0, 0.05) is 22.3 Å². The Kier molecular flexibility index (Phi) is 7.95. The standard InChI is InChI=1S/C19H21Cl2F3N2O2S/c1-10(26-29(27)19(2,3)4)17-15(22)5-11(8-25-17)13-6-12(20)7-14(21)18(13)28-9-16(23)24/h5-8,10,16,26H,9H2,1-4H3. The Morgan fingerprint density at radius 2 is 1.90 bits per heavy atom. The molecule has 2 aromatic rings. The highest BCUT2D eigenvalue weighted by atomic mass is 35.5. The molecule has 4 nitrogen and oxygen atoms in total. The zero-order valence-corrected chi connectivity index (χ0v) is 18.6. The summed E-state index contributed by atoms with van der Waals surface area (Å²) < 4.78 is 59.5. The summed E-state index contributed by atoms with van der Waals surface area (Å²) in [4.78, 5) is 4.12. The summed E-state index contributed by atoms with van der Waals surface area (Å²) in [5.41, 5.74) is 0.554. The van der Waals surface area contributed by atoms with Crippen LogP contribution in [0.4, 0.5) is 13.2 Å². The number of nitrogens with one attached hydrogen (secondary N) is 1. The molecule has 0 fully saturated rings. The molecular weight excluding hydrogens is 448 g/mol. The minimum absolute atomic E-state index is 0.0215. The third kappa shape index (κ3) is 6.31. The Balaban J connectivity index is 2.38. The van der Waals surface area contributed by atoms with Gasteiger partial charge in [-0.05, 0) is 45.9 Å². The highest BCUT2D eigenvalue weighted by Gasteiger charge is 2.24. The van der Waals surface area contributed by atoms with Gasteiger partial charge in [-0.15, -0.1) is 0 Å². The van der Waals surface area contributed by atoms with E-state index in [4.69, 9.17) is 27.9 Å². The molecule has 0 radical (unpaired) electrons. The van der Waals surface area contributed by atoms with Crippen LogP contribution in [0.5, 0.6) is 5.75 Å². The van der Waals surface area contributed by atoms with Crippen LogP contribution in [0.15, 0.2) is 24.4 Å². The Morgan fingerprint density at radius 3 is 2.45 bits per heavy atom. The lowest BCUT2D eigenvalue weighted by molar-refractivity contribution is 0.0822. The van der Waals surface area contributed by atoms with Crippen molar-refractivity contribution in [2.24, 2.45) is 0 Å². The molecule has 160 valence electrons. The second-order valence-electron chi connectivity index (χ2n) is 7.28. The monoisotopic (exact) mass is 468 g/mol. The SMILES string of the molecule is CC(NS(=O)C(C)(C)C)c1ncc(-c2cc(Cl)cc(Cl)c2OCC(F)F)cc1F. The van der Waals surface area contributed by atoms with Crippen LogP contribution in [0.3, 0.4) is 0 Å². The number of aromatic nitrogens is 1. The first-order valence-electron chi connectivity index (χ1n) is 8.64. The van der Waals surface area contributed by atoms with E-state index in [0.717, 1.165) is 0 Å². The topological polar surface area (TPSA) is 51.2 Å². The molecule has 2 rings (SSSR count). The van der Waals surface area contributed by atoms with Crippen LogP contribution in [0.1, 0.15) is 39.4 Å². The van der Waals surface area contributed by atoms with Gasteiger partial charge in [0.25, 0.3) is 6.43 Å². The second-order valence-corrected chi connectivity index (χ2v) is 10.1. The minimum atomic E-state index is -2.71. The lowest BCUT2D eigenvalue weighted by Gasteiger charge is -2.22. The van der Waals surface area contributed by atoms with E-state index >= 15 is 0 Å². The van der Waals surface area contributed by atoms with Crippen molar-refractivity contribution in [2.75, 3.05) is 6.61 Å². The number of halogens is 5. The van der Waals surface area contributed by atoms with Crippen molar-refractivity contribution in [3.8, 4) is 16.9 Å². The number of benzene rings is 1. The van der Waals surface area contributed by atoms with Crippen LogP contribution >= 0.6 is 23.2 Å². The van der Waals surface area contributed by atoms with Crippen LogP contribution < -0.4 is 9.46 Å². The summed E-state index contributed by atoms with van der Waals surface area (Å²) >= 11 is 12.1. The van der Waals surface area contributed by atoms with Crippen molar-refractivity contribution in [3.63, 3.8) is 0 Å². The Labute approximate surface area is 180 Å². The highest BCUT2D eigenvalue weighted by Crippen LogP contribution is 2.39. The Bertz CT molecular complexity index is 908. The van der Waals surface area contributed by atoms with E-state index in [1.54, 1.807) is 27.7 Å². The van der Waals surface area contributed by atoms with Crippen LogP contribution in [-0.2, 0) is 11.0 Å². The Hall–Kier alpha value is -1.35. The fourth-order valence-electron chi connectivity index (χ4n) is 2.38. The fraction of sp³-hybridized carbons (Fsp3) is 0.421. The van der Waals surface area contributed by atoms with E-state index in [2.05, 4.69) is 9.71 Å². The van der Waals surface area contributed by atoms with Gasteiger partial charge in [-0.2, -0.15) is 0 Å². The molecular formula is C19H21Cl2F3N2O2S. The average Bonchev–Trinajstić information content (AvgIpc) is 2.59. The van der Waals surface area contributed by atoms with Gasteiger partial charge in [-0.1, -0.05) is 23.2 Å². The molecule has 2 atom stereocenters. The summed E-state index contributed by atoms with van der Waals surface area (Å²) in [5, 5.41) is 0.253. The summed E-state index contributed by atoms with van der Waals surface area (Å²) in [5.74, 6) is -0.699. The van der Waals surface area contributed by atoms with Crippen molar-refractivity contribution in [3.05, 3.63) is 46.0 Å². The number of ether oxygens (including phenoxy) is 1. The van der Waals surface area contributed by atoms with Gasteiger partial charge in [0.05, 0.1) is 32.5 Å². The molecule has 0 aliphatic carbocycles. The number of nitrogens with zero attached hydrogens (tertiary/aromatic N) is 1. The van der Waals surface area contributed by atoms with Crippen molar-refractivity contribution < 1.29 is 22.1 Å². The van der Waals surface area contributed by atoms with Crippen molar-refractivity contribution in [2.45, 2.75) is 44.9 Å². The first-order valence-corrected chi connectivity index (χ1v) is 10.5. The summed E-state index contributed by atoms with van der Waals surface area (Å²) in [6.07, 6.45) is -1.35. The molecule has 1 N–H and O–H groups in total. The Morgan fingerprint density at radius 1 is 1.24 bits per heavy atom. The third-order valence-corrected chi connectivity index (χ3v) is 5.97. The molecule has 0 aliphatic heterocycles. The van der Waals surface area contributed by atoms with E-state index in [1.165, 1.54) is 24.4 Å². The zero-order valence-electron chi connectivity index (χ0n) is 16.2. The van der Waals surface area contributed by atoms with Crippen LogP contribution in [0.25, 0.3) is 11.1 Å². The first-order chi connectivity index (χ1) is 13.4. The molecule has 0 saturated carbocycles. The van der Waals surface area contributed by atoms with Crippen molar-refractivity contribution in [1.82, 2.24) is 9.71 Å². The predicted molar refractivity (Wildman–Crippen MR) is 111 cm³/mol. The van der Waals surface area contributed by atoms with Gasteiger partial charge in [0.15, 0.2) is 0 Å². The van der Waals surface area contributed by atoms with Gasteiger partial charge in [0.2, 0.25) is 0 Å². The smallest absolute Gasteiger partial charge is 0.272 e. The summed E-state index contributed by atoms with van der Waals surface area (Å²) in [6, 6.07) is 3.33. The van der Waals surface area contributed by atoms with Gasteiger partial charge in [-0.3, -0.25) is 4.98 Å². The molecule has 0 spiro atoms. The van der Waals surface area contributed by atoms with E-state index in [0.29, 0.717) is 0 Å². The van der Waals surface area contributed by atoms with Gasteiger partial charge >= 0.3 is 0 Å². The molecule has 0 saturated heterocycles. The molecule has 29 heavy (non-hydrogen) atoms. The van der Waals surface area contributed by atoms with E-state index in [1.807, 2.05) is 0 Å². The molecule has 10 heteroatoms. The molecule has 0 bridgehead atoms. The number of hydrogen-bond acceptors (Lipinski definition) is 3. The lowest BCUT2D eigenvalue weighted by Crippen LogP contribution is -2.35. The van der Waals surface area contributed by atoms with Gasteiger partial charge in [0.1, 0.15) is 18.2 Å². The van der Waals surface area contributed by atoms with E-state index in [-0.39, 0.29) is 32.6 Å². The molecule has 1 aromatic heterocycles. The molecule has 1 heterocycles. The number of alkyl halides is 2. The minimum Gasteiger partial charge on any atom is -0.485 e. The summed E-state index contributed by atoms with van der Waals surface area (Å²) in [7, 11) is -1.42. The number of hydrogen-bond donors (Lipinski definition) is 1. The van der Waals surface area contributed by atoms with Crippen LogP contribution in [-0.4, -0.2) is 27.0 Å². The average molecular weight is 469 g/mol. The van der Waals surface area contributed by atoms with Crippen molar-refractivity contribution in [1.29, 1.82) is 0 Å². The predicted octanol–water partition coefficient (Wildman–Crippen LogP) is 5.95. The molecule has 1 aromatic carbocycles. The normalized spacial score (nSPS) is 14.1. The molecule has 0 amide bonds. The zero-order chi connectivity index (χ0) is 21.9. The maximum atomic E-state index is 14.8. The maximum absolute atomic E-state index is 14.8.